The first-order valence-electron chi connectivity index (χ1n) is 11.1. The van der Waals surface area contributed by atoms with Crippen molar-refractivity contribution >= 4 is 17.3 Å². The summed E-state index contributed by atoms with van der Waals surface area (Å²) in [5.74, 6) is 1.57. The molecule has 0 spiro atoms. The molecule has 158 valence electrons. The number of halogens is 1. The van der Waals surface area contributed by atoms with Crippen LogP contribution in [-0.2, 0) is 5.41 Å². The second-order valence-electron chi connectivity index (χ2n) is 9.34. The lowest BCUT2D eigenvalue weighted by Crippen LogP contribution is -2.55. The maximum Gasteiger partial charge on any atom is 0.181 e. The summed E-state index contributed by atoms with van der Waals surface area (Å²) in [6.45, 7) is 2.10. The molecule has 0 unspecified atom stereocenters. The second-order valence-corrected chi connectivity index (χ2v) is 9.75. The van der Waals surface area contributed by atoms with Gasteiger partial charge >= 0.3 is 0 Å². The lowest BCUT2D eigenvalue weighted by Gasteiger charge is -2.62. The molecule has 0 saturated heterocycles. The fourth-order valence-corrected chi connectivity index (χ4v) is 5.99. The van der Waals surface area contributed by atoms with Gasteiger partial charge in [0.15, 0.2) is 12.2 Å². The second kappa shape index (κ2) is 6.42. The van der Waals surface area contributed by atoms with Crippen molar-refractivity contribution in [3.05, 3.63) is 88.8 Å². The molecule has 3 heterocycles. The Hall–Kier alpha value is -3.18. The van der Waals surface area contributed by atoms with E-state index in [0.717, 1.165) is 39.8 Å². The van der Waals surface area contributed by atoms with Crippen LogP contribution in [0.5, 0.6) is 0 Å². The number of aromatic nitrogens is 3. The summed E-state index contributed by atoms with van der Waals surface area (Å²) in [5.41, 5.74) is 7.60. The molecule has 6 heteroatoms. The van der Waals surface area contributed by atoms with Crippen molar-refractivity contribution in [3.8, 4) is 17.1 Å². The highest BCUT2D eigenvalue weighted by atomic mass is 35.5. The van der Waals surface area contributed by atoms with E-state index in [1.54, 1.807) is 6.20 Å². The standard InChI is InChI=1S/C26H21ClN4O/c1-15-25-24(22-12-28-14-32-22)29-13-31(25)21-7-6-17(26-9-16(10-26)11-26)8-19(21)23(30-15)18-4-2-3-5-20(18)27/h2-8,12-16H,9-11H2,1H3/t15-,16?,26?/m1/s1. The predicted octanol–water partition coefficient (Wildman–Crippen LogP) is 6.14. The third kappa shape index (κ3) is 2.43. The number of oxazole rings is 1. The first-order chi connectivity index (χ1) is 15.6. The van der Waals surface area contributed by atoms with Crippen molar-refractivity contribution in [2.45, 2.75) is 37.6 Å². The molecule has 2 aromatic carbocycles. The molecule has 5 nitrogen and oxygen atoms in total. The van der Waals surface area contributed by atoms with Gasteiger partial charge in [0.25, 0.3) is 0 Å². The molecular formula is C26H21ClN4O. The predicted molar refractivity (Wildman–Crippen MR) is 124 cm³/mol. The molecular weight excluding hydrogens is 420 g/mol. The molecule has 0 N–H and O–H groups in total. The number of nitrogens with zero attached hydrogens (tertiary/aromatic N) is 4. The van der Waals surface area contributed by atoms with Gasteiger partial charge in [-0.1, -0.05) is 35.9 Å². The van der Waals surface area contributed by atoms with Gasteiger partial charge in [0.05, 0.1) is 29.3 Å². The minimum atomic E-state index is -0.144. The van der Waals surface area contributed by atoms with Crippen molar-refractivity contribution < 1.29 is 4.42 Å². The monoisotopic (exact) mass is 440 g/mol. The SMILES string of the molecule is C[C@H]1N=C(c2ccccc2Cl)c2cc(C34CC(C3)C4)ccc2-n2cnc(-c3cnco3)c21. The normalized spacial score (nSPS) is 25.1. The van der Waals surface area contributed by atoms with Crippen LogP contribution in [0.3, 0.4) is 0 Å². The molecule has 32 heavy (non-hydrogen) atoms. The molecule has 2 aromatic heterocycles. The quantitative estimate of drug-likeness (QED) is 0.384. The smallest absolute Gasteiger partial charge is 0.181 e. The summed E-state index contributed by atoms with van der Waals surface area (Å²) in [6, 6.07) is 14.7. The summed E-state index contributed by atoms with van der Waals surface area (Å²) >= 11 is 6.68. The van der Waals surface area contributed by atoms with Gasteiger partial charge < -0.3 is 4.42 Å². The van der Waals surface area contributed by atoms with Crippen molar-refractivity contribution in [1.82, 2.24) is 14.5 Å². The van der Waals surface area contributed by atoms with Crippen LogP contribution >= 0.6 is 11.6 Å². The molecule has 1 atom stereocenters. The lowest BCUT2D eigenvalue weighted by atomic mass is 9.42. The maximum atomic E-state index is 6.68. The number of benzene rings is 2. The number of imidazole rings is 1. The van der Waals surface area contributed by atoms with Gasteiger partial charge in [-0.2, -0.15) is 0 Å². The molecule has 4 aliphatic rings. The maximum absolute atomic E-state index is 6.68. The highest BCUT2D eigenvalue weighted by molar-refractivity contribution is 6.35. The first kappa shape index (κ1) is 18.4. The Kier molecular flexibility index (Phi) is 3.69. The Morgan fingerprint density at radius 2 is 1.94 bits per heavy atom. The first-order valence-corrected chi connectivity index (χ1v) is 11.4. The van der Waals surface area contributed by atoms with E-state index in [4.69, 9.17) is 21.0 Å². The van der Waals surface area contributed by atoms with Gasteiger partial charge in [0.1, 0.15) is 12.0 Å². The van der Waals surface area contributed by atoms with E-state index < -0.39 is 0 Å². The molecule has 2 bridgehead atoms. The topological polar surface area (TPSA) is 56.2 Å². The molecule has 8 rings (SSSR count). The Labute approximate surface area is 190 Å². The van der Waals surface area contributed by atoms with Gasteiger partial charge in [0, 0.05) is 16.1 Å². The molecule has 1 aliphatic heterocycles. The molecule has 3 saturated carbocycles. The van der Waals surface area contributed by atoms with Crippen LogP contribution in [0.1, 0.15) is 54.6 Å². The van der Waals surface area contributed by atoms with E-state index in [9.17, 15) is 0 Å². The minimum absolute atomic E-state index is 0.144. The van der Waals surface area contributed by atoms with Crippen molar-refractivity contribution in [2.75, 3.05) is 0 Å². The van der Waals surface area contributed by atoms with E-state index in [0.29, 0.717) is 16.2 Å². The van der Waals surface area contributed by atoms with E-state index >= 15 is 0 Å². The van der Waals surface area contributed by atoms with Crippen molar-refractivity contribution in [2.24, 2.45) is 10.9 Å². The van der Waals surface area contributed by atoms with Crippen molar-refractivity contribution in [1.29, 1.82) is 0 Å². The third-order valence-electron chi connectivity index (χ3n) is 7.48. The number of rotatable bonds is 3. The summed E-state index contributed by atoms with van der Waals surface area (Å²) in [6.07, 6.45) is 8.94. The number of fused-ring (bicyclic) bond motifs is 3. The Bertz CT molecular complexity index is 1380. The van der Waals surface area contributed by atoms with E-state index in [1.165, 1.54) is 31.2 Å². The van der Waals surface area contributed by atoms with Crippen LogP contribution in [0.2, 0.25) is 5.02 Å². The van der Waals surface area contributed by atoms with Gasteiger partial charge in [-0.3, -0.25) is 9.56 Å². The Morgan fingerprint density at radius 1 is 1.09 bits per heavy atom. The van der Waals surface area contributed by atoms with Gasteiger partial charge in [-0.25, -0.2) is 9.97 Å². The largest absolute Gasteiger partial charge is 0.442 e. The summed E-state index contributed by atoms with van der Waals surface area (Å²) in [5, 5.41) is 0.709. The van der Waals surface area contributed by atoms with Crippen LogP contribution < -0.4 is 0 Å². The number of hydrogen-bond donors (Lipinski definition) is 0. The van der Waals surface area contributed by atoms with Gasteiger partial charge in [-0.15, -0.1) is 0 Å². The average molecular weight is 441 g/mol. The van der Waals surface area contributed by atoms with E-state index in [1.807, 2.05) is 24.5 Å². The molecule has 3 aliphatic carbocycles. The molecule has 4 aromatic rings. The fourth-order valence-electron chi connectivity index (χ4n) is 5.76. The summed E-state index contributed by atoms with van der Waals surface area (Å²) in [7, 11) is 0. The highest BCUT2D eigenvalue weighted by Crippen LogP contribution is 2.65. The van der Waals surface area contributed by atoms with Crippen LogP contribution in [0.4, 0.5) is 0 Å². The minimum Gasteiger partial charge on any atom is -0.442 e. The fraction of sp³-hybridized carbons (Fsp3) is 0.269. The third-order valence-corrected chi connectivity index (χ3v) is 7.81. The van der Waals surface area contributed by atoms with E-state index in [2.05, 4.69) is 45.7 Å². The molecule has 3 fully saturated rings. The number of hydrogen-bond acceptors (Lipinski definition) is 4. The Balaban J connectivity index is 1.49. The zero-order chi connectivity index (χ0) is 21.4. The summed E-state index contributed by atoms with van der Waals surface area (Å²) in [4.78, 5) is 14.0. The van der Waals surface area contributed by atoms with Crippen molar-refractivity contribution in [3.63, 3.8) is 0 Å². The Morgan fingerprint density at radius 3 is 2.66 bits per heavy atom. The lowest BCUT2D eigenvalue weighted by molar-refractivity contribution is -0.0274. The summed E-state index contributed by atoms with van der Waals surface area (Å²) < 4.78 is 7.74. The zero-order valence-electron chi connectivity index (χ0n) is 17.6. The molecule has 0 amide bonds. The van der Waals surface area contributed by atoms with Crippen LogP contribution in [-0.4, -0.2) is 20.2 Å². The van der Waals surface area contributed by atoms with E-state index in [-0.39, 0.29) is 6.04 Å². The highest BCUT2D eigenvalue weighted by Gasteiger charge is 2.57. The number of aliphatic imine (C=N–C) groups is 1. The average Bonchev–Trinajstić information content (AvgIpc) is 3.38. The van der Waals surface area contributed by atoms with Crippen LogP contribution in [0.15, 0.2) is 70.8 Å². The zero-order valence-corrected chi connectivity index (χ0v) is 18.4. The van der Waals surface area contributed by atoms with Gasteiger partial charge in [-0.05, 0) is 61.3 Å². The molecule has 0 radical (unpaired) electrons. The van der Waals surface area contributed by atoms with Crippen LogP contribution in [0.25, 0.3) is 17.1 Å². The van der Waals surface area contributed by atoms with Gasteiger partial charge in [0.2, 0.25) is 0 Å². The van der Waals surface area contributed by atoms with Crippen LogP contribution in [0, 0.1) is 5.92 Å².